The maximum atomic E-state index is 12.9. The van der Waals surface area contributed by atoms with Crippen molar-refractivity contribution in [2.45, 2.75) is 25.4 Å². The molecule has 0 bridgehead atoms. The summed E-state index contributed by atoms with van der Waals surface area (Å²) in [6.45, 7) is 0. The SMILES string of the molecule is O=C(c1ccccc1O[C@H]1CC[C@H](C(=O)O)C1)c1c(Cl)cccc1Cl. The number of carbonyl (C=O) groups is 2. The molecule has 0 spiro atoms. The first-order valence-electron chi connectivity index (χ1n) is 7.94. The fourth-order valence-corrected chi connectivity index (χ4v) is 3.63. The van der Waals surface area contributed by atoms with Crippen LogP contribution in [0.3, 0.4) is 0 Å². The zero-order valence-electron chi connectivity index (χ0n) is 13.2. The Morgan fingerprint density at radius 2 is 1.68 bits per heavy atom. The molecule has 6 heteroatoms. The first kappa shape index (κ1) is 17.8. The average Bonchev–Trinajstić information content (AvgIpc) is 3.04. The van der Waals surface area contributed by atoms with Crippen LogP contribution in [0.25, 0.3) is 0 Å². The lowest BCUT2D eigenvalue weighted by Gasteiger charge is -2.17. The van der Waals surface area contributed by atoms with E-state index in [0.29, 0.717) is 30.6 Å². The van der Waals surface area contributed by atoms with Crippen molar-refractivity contribution in [2.75, 3.05) is 0 Å². The van der Waals surface area contributed by atoms with E-state index in [1.54, 1.807) is 42.5 Å². The van der Waals surface area contributed by atoms with Crippen molar-refractivity contribution in [1.29, 1.82) is 0 Å². The summed E-state index contributed by atoms with van der Waals surface area (Å²) in [4.78, 5) is 24.0. The summed E-state index contributed by atoms with van der Waals surface area (Å²) in [6, 6.07) is 11.8. The van der Waals surface area contributed by atoms with Crippen molar-refractivity contribution in [3.05, 3.63) is 63.6 Å². The van der Waals surface area contributed by atoms with E-state index >= 15 is 0 Å². The second kappa shape index (κ2) is 7.46. The van der Waals surface area contributed by atoms with Crippen LogP contribution in [0.5, 0.6) is 5.75 Å². The average molecular weight is 379 g/mol. The Balaban J connectivity index is 1.87. The van der Waals surface area contributed by atoms with Gasteiger partial charge in [-0.25, -0.2) is 0 Å². The van der Waals surface area contributed by atoms with Crippen LogP contribution < -0.4 is 4.74 Å². The van der Waals surface area contributed by atoms with Crippen LogP contribution >= 0.6 is 23.2 Å². The molecule has 4 nitrogen and oxygen atoms in total. The van der Waals surface area contributed by atoms with Gasteiger partial charge in [0.15, 0.2) is 5.78 Å². The predicted molar refractivity (Wildman–Crippen MR) is 95.7 cm³/mol. The zero-order chi connectivity index (χ0) is 18.0. The minimum Gasteiger partial charge on any atom is -0.490 e. The van der Waals surface area contributed by atoms with Crippen LogP contribution in [0, 0.1) is 5.92 Å². The summed E-state index contributed by atoms with van der Waals surface area (Å²) < 4.78 is 5.94. The Hall–Kier alpha value is -2.04. The number of hydrogen-bond donors (Lipinski definition) is 1. The molecule has 0 unspecified atom stereocenters. The highest BCUT2D eigenvalue weighted by atomic mass is 35.5. The number of para-hydroxylation sites is 1. The van der Waals surface area contributed by atoms with E-state index in [-0.39, 0.29) is 27.5 Å². The number of ether oxygens (including phenoxy) is 1. The van der Waals surface area contributed by atoms with Crippen molar-refractivity contribution < 1.29 is 19.4 Å². The summed E-state index contributed by atoms with van der Waals surface area (Å²) in [5.41, 5.74) is 0.591. The largest absolute Gasteiger partial charge is 0.490 e. The summed E-state index contributed by atoms with van der Waals surface area (Å²) in [5, 5.41) is 9.66. The lowest BCUT2D eigenvalue weighted by Crippen LogP contribution is -2.17. The van der Waals surface area contributed by atoms with Gasteiger partial charge in [0, 0.05) is 0 Å². The molecule has 1 saturated carbocycles. The van der Waals surface area contributed by atoms with Gasteiger partial charge in [-0.05, 0) is 43.5 Å². The van der Waals surface area contributed by atoms with Gasteiger partial charge in [0.25, 0.3) is 0 Å². The molecule has 1 N–H and O–H groups in total. The number of hydrogen-bond acceptors (Lipinski definition) is 3. The number of halogens is 2. The Bertz CT molecular complexity index is 799. The number of carboxylic acids is 1. The normalized spacial score (nSPS) is 19.6. The minimum absolute atomic E-state index is 0.225. The highest BCUT2D eigenvalue weighted by Crippen LogP contribution is 2.33. The van der Waals surface area contributed by atoms with Crippen LogP contribution in [-0.4, -0.2) is 23.0 Å². The van der Waals surface area contributed by atoms with Gasteiger partial charge >= 0.3 is 5.97 Å². The second-order valence-corrected chi connectivity index (χ2v) is 6.82. The van der Waals surface area contributed by atoms with E-state index < -0.39 is 11.9 Å². The number of benzene rings is 2. The molecule has 1 aliphatic carbocycles. The molecular weight excluding hydrogens is 363 g/mol. The third kappa shape index (κ3) is 3.80. The number of rotatable bonds is 5. The molecule has 130 valence electrons. The molecule has 25 heavy (non-hydrogen) atoms. The van der Waals surface area contributed by atoms with Crippen molar-refractivity contribution in [1.82, 2.24) is 0 Å². The van der Waals surface area contributed by atoms with E-state index in [0.717, 1.165) is 0 Å². The van der Waals surface area contributed by atoms with Crippen molar-refractivity contribution >= 4 is 35.0 Å². The molecule has 0 amide bonds. The molecule has 0 saturated heterocycles. The van der Waals surface area contributed by atoms with Crippen LogP contribution in [0.15, 0.2) is 42.5 Å². The predicted octanol–water partition coefficient (Wildman–Crippen LogP) is 4.86. The quantitative estimate of drug-likeness (QED) is 0.754. The van der Waals surface area contributed by atoms with E-state index in [2.05, 4.69) is 0 Å². The Morgan fingerprint density at radius 1 is 1.00 bits per heavy atom. The molecule has 0 heterocycles. The van der Waals surface area contributed by atoms with Crippen LogP contribution in [-0.2, 0) is 4.79 Å². The van der Waals surface area contributed by atoms with Gasteiger partial charge in [-0.15, -0.1) is 0 Å². The Kier molecular flexibility index (Phi) is 5.30. The number of aliphatic carboxylic acids is 1. The third-order valence-electron chi connectivity index (χ3n) is 4.35. The van der Waals surface area contributed by atoms with Crippen molar-refractivity contribution in [3.8, 4) is 5.75 Å². The maximum Gasteiger partial charge on any atom is 0.306 e. The standard InChI is InChI=1S/C19H16Cl2O4/c20-14-5-3-6-15(21)17(14)18(22)13-4-1-2-7-16(13)25-12-9-8-11(10-12)19(23)24/h1-7,11-12H,8-10H2,(H,23,24)/t11-,12-/m0/s1. The van der Waals surface area contributed by atoms with Crippen molar-refractivity contribution in [3.63, 3.8) is 0 Å². The van der Waals surface area contributed by atoms with Gasteiger partial charge in [-0.2, -0.15) is 0 Å². The third-order valence-corrected chi connectivity index (χ3v) is 4.98. The summed E-state index contributed by atoms with van der Waals surface area (Å²) in [7, 11) is 0. The summed E-state index contributed by atoms with van der Waals surface area (Å²) >= 11 is 12.3. The van der Waals surface area contributed by atoms with E-state index in [9.17, 15) is 9.59 Å². The molecular formula is C19H16Cl2O4. The molecule has 0 aliphatic heterocycles. The first-order chi connectivity index (χ1) is 12.0. The Morgan fingerprint density at radius 3 is 2.32 bits per heavy atom. The van der Waals surface area contributed by atoms with Crippen molar-refractivity contribution in [2.24, 2.45) is 5.92 Å². The topological polar surface area (TPSA) is 63.6 Å². The number of carboxylic acid groups (broad SMARTS) is 1. The number of carbonyl (C=O) groups excluding carboxylic acids is 1. The minimum atomic E-state index is -0.807. The molecule has 2 atom stereocenters. The molecule has 2 aromatic carbocycles. The molecule has 3 rings (SSSR count). The molecule has 1 aliphatic rings. The van der Waals surface area contributed by atoms with Gasteiger partial charge in [0.05, 0.1) is 33.2 Å². The van der Waals surface area contributed by atoms with Crippen LogP contribution in [0.4, 0.5) is 0 Å². The molecule has 0 radical (unpaired) electrons. The van der Waals surface area contributed by atoms with Gasteiger partial charge in [-0.3, -0.25) is 9.59 Å². The molecule has 2 aromatic rings. The lowest BCUT2D eigenvalue weighted by molar-refractivity contribution is -0.141. The lowest BCUT2D eigenvalue weighted by atomic mass is 10.0. The summed E-state index contributed by atoms with van der Waals surface area (Å²) in [5.74, 6) is -1.11. The Labute approximate surface area is 155 Å². The van der Waals surface area contributed by atoms with Gasteiger partial charge < -0.3 is 9.84 Å². The van der Waals surface area contributed by atoms with Gasteiger partial charge in [0.1, 0.15) is 5.75 Å². The molecule has 1 fully saturated rings. The van der Waals surface area contributed by atoms with Gasteiger partial charge in [0.2, 0.25) is 0 Å². The fraction of sp³-hybridized carbons (Fsp3) is 0.263. The highest BCUT2D eigenvalue weighted by Gasteiger charge is 2.32. The van der Waals surface area contributed by atoms with E-state index in [1.807, 2.05) is 0 Å². The van der Waals surface area contributed by atoms with Gasteiger partial charge in [-0.1, -0.05) is 41.4 Å². The first-order valence-corrected chi connectivity index (χ1v) is 8.70. The van der Waals surface area contributed by atoms with E-state index in [4.69, 9.17) is 33.0 Å². The number of ketones is 1. The van der Waals surface area contributed by atoms with Crippen LogP contribution in [0.2, 0.25) is 10.0 Å². The fourth-order valence-electron chi connectivity index (χ4n) is 3.06. The van der Waals surface area contributed by atoms with Crippen LogP contribution in [0.1, 0.15) is 35.2 Å². The zero-order valence-corrected chi connectivity index (χ0v) is 14.8. The van der Waals surface area contributed by atoms with E-state index in [1.165, 1.54) is 0 Å². The maximum absolute atomic E-state index is 12.9. The summed E-state index contributed by atoms with van der Waals surface area (Å²) in [6.07, 6.45) is 1.43. The second-order valence-electron chi connectivity index (χ2n) is 6.01. The molecule has 0 aromatic heterocycles. The highest BCUT2D eigenvalue weighted by molar-refractivity contribution is 6.41. The smallest absolute Gasteiger partial charge is 0.306 e. The monoisotopic (exact) mass is 378 g/mol.